The summed E-state index contributed by atoms with van der Waals surface area (Å²) in [6.45, 7) is 2.14. The van der Waals surface area contributed by atoms with Gasteiger partial charge in [0.1, 0.15) is 0 Å². The molecule has 4 aromatic carbocycles. The molecule has 9 nitrogen and oxygen atoms in total. The van der Waals surface area contributed by atoms with E-state index in [9.17, 15) is 19.7 Å². The van der Waals surface area contributed by atoms with E-state index in [0.29, 0.717) is 23.5 Å². The van der Waals surface area contributed by atoms with E-state index < -0.39 is 16.8 Å². The number of hydrazone groups is 1. The van der Waals surface area contributed by atoms with Crippen LogP contribution in [-0.2, 0) is 0 Å². The molecule has 0 saturated carbocycles. The Hall–Kier alpha value is -5.05. The number of nitrogens with zero attached hydrogens (tertiary/aromatic N) is 2. The minimum atomic E-state index is -0.597. The third-order valence-electron chi connectivity index (χ3n) is 5.18. The first kappa shape index (κ1) is 24.1. The molecule has 0 bridgehead atoms. The van der Waals surface area contributed by atoms with Gasteiger partial charge in [-0.15, -0.1) is 0 Å². The monoisotopic (exact) mass is 483 g/mol. The summed E-state index contributed by atoms with van der Waals surface area (Å²) in [6, 6.07) is 23.1. The highest BCUT2D eigenvalue weighted by Gasteiger charge is 2.16. The van der Waals surface area contributed by atoms with Crippen LogP contribution in [0, 0.1) is 10.1 Å². The normalized spacial score (nSPS) is 10.8. The summed E-state index contributed by atoms with van der Waals surface area (Å²) >= 11 is 0. The van der Waals surface area contributed by atoms with Crippen LogP contribution in [0.5, 0.6) is 11.5 Å². The van der Waals surface area contributed by atoms with Crippen molar-refractivity contribution in [1.82, 2.24) is 5.43 Å². The first-order chi connectivity index (χ1) is 17.5. The fourth-order valence-corrected chi connectivity index (χ4v) is 3.51. The molecule has 0 aliphatic carbocycles. The molecule has 4 rings (SSSR count). The van der Waals surface area contributed by atoms with Gasteiger partial charge < -0.3 is 9.47 Å². The van der Waals surface area contributed by atoms with Gasteiger partial charge in [-0.05, 0) is 53.6 Å². The summed E-state index contributed by atoms with van der Waals surface area (Å²) in [6.07, 6.45) is 1.38. The van der Waals surface area contributed by atoms with Crippen LogP contribution in [0.15, 0.2) is 90.0 Å². The molecule has 0 unspecified atom stereocenters. The molecule has 1 amide bonds. The maximum atomic E-state index is 12.9. The number of nitro benzene ring substituents is 1. The van der Waals surface area contributed by atoms with E-state index in [4.69, 9.17) is 9.47 Å². The van der Waals surface area contributed by atoms with Crippen LogP contribution in [0.1, 0.15) is 33.2 Å². The van der Waals surface area contributed by atoms with Gasteiger partial charge in [0.2, 0.25) is 0 Å². The molecule has 0 aliphatic heterocycles. The van der Waals surface area contributed by atoms with Gasteiger partial charge in [-0.25, -0.2) is 10.2 Å². The van der Waals surface area contributed by atoms with Crippen molar-refractivity contribution in [2.75, 3.05) is 6.61 Å². The predicted octanol–water partition coefficient (Wildman–Crippen LogP) is 5.13. The Morgan fingerprint density at radius 1 is 0.972 bits per heavy atom. The Morgan fingerprint density at radius 2 is 1.75 bits per heavy atom. The van der Waals surface area contributed by atoms with E-state index in [1.165, 1.54) is 24.4 Å². The quantitative estimate of drug-likeness (QED) is 0.122. The van der Waals surface area contributed by atoms with Crippen LogP contribution in [-0.4, -0.2) is 29.6 Å². The summed E-state index contributed by atoms with van der Waals surface area (Å²) < 4.78 is 11.3. The largest absolute Gasteiger partial charge is 0.490 e. The second-order valence-corrected chi connectivity index (χ2v) is 7.56. The molecular formula is C27H21N3O6. The second-order valence-electron chi connectivity index (χ2n) is 7.56. The molecule has 0 aliphatic rings. The molecule has 0 saturated heterocycles. The summed E-state index contributed by atoms with van der Waals surface area (Å²) in [4.78, 5) is 35.5. The standard InChI is InChI=1S/C27H21N3O6/c1-2-35-25-15-18(17-28-29-26(31)20-9-5-10-21(16-20)30(33)34)13-14-24(25)36-27(32)23-12-6-8-19-7-3-4-11-22(19)23/h3-17H,2H2,1H3,(H,29,31)/b28-17-. The maximum absolute atomic E-state index is 12.9. The van der Waals surface area contributed by atoms with Crippen molar-refractivity contribution in [2.45, 2.75) is 6.92 Å². The number of non-ortho nitro benzene ring substituents is 1. The Bertz CT molecular complexity index is 1480. The van der Waals surface area contributed by atoms with Crippen LogP contribution in [0.2, 0.25) is 0 Å². The Morgan fingerprint density at radius 3 is 2.56 bits per heavy atom. The molecule has 180 valence electrons. The Balaban J connectivity index is 1.49. The molecule has 1 N–H and O–H groups in total. The van der Waals surface area contributed by atoms with Crippen LogP contribution < -0.4 is 14.9 Å². The van der Waals surface area contributed by atoms with Crippen LogP contribution in [0.4, 0.5) is 5.69 Å². The minimum Gasteiger partial charge on any atom is -0.490 e. The number of nitro groups is 1. The molecule has 36 heavy (non-hydrogen) atoms. The molecule has 0 aromatic heterocycles. The fourth-order valence-electron chi connectivity index (χ4n) is 3.51. The van der Waals surface area contributed by atoms with Crippen molar-refractivity contribution in [3.05, 3.63) is 112 Å². The van der Waals surface area contributed by atoms with Gasteiger partial charge in [0.25, 0.3) is 11.6 Å². The number of hydrogen-bond donors (Lipinski definition) is 1. The van der Waals surface area contributed by atoms with Crippen LogP contribution in [0.3, 0.4) is 0 Å². The lowest BCUT2D eigenvalue weighted by Gasteiger charge is -2.12. The van der Waals surface area contributed by atoms with E-state index in [1.807, 2.05) is 30.3 Å². The van der Waals surface area contributed by atoms with E-state index in [2.05, 4.69) is 10.5 Å². The number of ether oxygens (including phenoxy) is 2. The second kappa shape index (κ2) is 10.9. The zero-order valence-electron chi connectivity index (χ0n) is 19.2. The lowest BCUT2D eigenvalue weighted by atomic mass is 10.0. The van der Waals surface area contributed by atoms with Gasteiger partial charge in [0.15, 0.2) is 11.5 Å². The number of fused-ring (bicyclic) bond motifs is 1. The van der Waals surface area contributed by atoms with Crippen molar-refractivity contribution in [2.24, 2.45) is 5.10 Å². The SMILES string of the molecule is CCOc1cc(/C=N\NC(=O)c2cccc([N+](=O)[O-])c2)ccc1OC(=O)c1cccc2ccccc12. The van der Waals surface area contributed by atoms with Crippen LogP contribution in [0.25, 0.3) is 10.8 Å². The highest BCUT2D eigenvalue weighted by Crippen LogP contribution is 2.30. The average molecular weight is 483 g/mol. The Kier molecular flexibility index (Phi) is 7.30. The zero-order chi connectivity index (χ0) is 25.5. The van der Waals surface area contributed by atoms with Crippen molar-refractivity contribution in [3.8, 4) is 11.5 Å². The van der Waals surface area contributed by atoms with E-state index in [0.717, 1.165) is 16.8 Å². The van der Waals surface area contributed by atoms with Crippen molar-refractivity contribution < 1.29 is 24.0 Å². The number of rotatable bonds is 8. The molecule has 0 radical (unpaired) electrons. The smallest absolute Gasteiger partial charge is 0.344 e. The van der Waals surface area contributed by atoms with Crippen molar-refractivity contribution in [1.29, 1.82) is 0 Å². The van der Waals surface area contributed by atoms with Gasteiger partial charge in [-0.1, -0.05) is 42.5 Å². The topological polar surface area (TPSA) is 120 Å². The van der Waals surface area contributed by atoms with Gasteiger partial charge >= 0.3 is 5.97 Å². The molecule has 0 heterocycles. The molecule has 0 fully saturated rings. The molecule has 0 atom stereocenters. The van der Waals surface area contributed by atoms with Gasteiger partial charge in [-0.3, -0.25) is 14.9 Å². The summed E-state index contributed by atoms with van der Waals surface area (Å²) in [5, 5.41) is 16.5. The lowest BCUT2D eigenvalue weighted by molar-refractivity contribution is -0.384. The Labute approximate surface area is 206 Å². The third kappa shape index (κ3) is 5.53. The number of amides is 1. The van der Waals surface area contributed by atoms with Gasteiger partial charge in [0.05, 0.1) is 23.3 Å². The number of benzene rings is 4. The average Bonchev–Trinajstić information content (AvgIpc) is 2.89. The maximum Gasteiger partial charge on any atom is 0.344 e. The predicted molar refractivity (Wildman–Crippen MR) is 135 cm³/mol. The summed E-state index contributed by atoms with van der Waals surface area (Å²) in [5.41, 5.74) is 3.25. The number of carbonyl (C=O) groups excluding carboxylic acids is 2. The molecule has 4 aromatic rings. The molecule has 0 spiro atoms. The highest BCUT2D eigenvalue weighted by molar-refractivity contribution is 6.05. The van der Waals surface area contributed by atoms with Gasteiger partial charge in [0, 0.05) is 17.7 Å². The third-order valence-corrected chi connectivity index (χ3v) is 5.18. The van der Waals surface area contributed by atoms with E-state index in [1.54, 1.807) is 37.3 Å². The zero-order valence-corrected chi connectivity index (χ0v) is 19.2. The van der Waals surface area contributed by atoms with E-state index >= 15 is 0 Å². The van der Waals surface area contributed by atoms with Crippen molar-refractivity contribution in [3.63, 3.8) is 0 Å². The first-order valence-electron chi connectivity index (χ1n) is 11.0. The summed E-state index contributed by atoms with van der Waals surface area (Å²) in [5.74, 6) is -0.536. The fraction of sp³-hybridized carbons (Fsp3) is 0.0741. The van der Waals surface area contributed by atoms with Crippen LogP contribution >= 0.6 is 0 Å². The van der Waals surface area contributed by atoms with E-state index in [-0.39, 0.29) is 17.0 Å². The van der Waals surface area contributed by atoms with Crippen molar-refractivity contribution >= 4 is 34.6 Å². The van der Waals surface area contributed by atoms with Gasteiger partial charge in [-0.2, -0.15) is 5.10 Å². The number of hydrogen-bond acceptors (Lipinski definition) is 7. The number of carbonyl (C=O) groups is 2. The first-order valence-corrected chi connectivity index (χ1v) is 11.0. The molecular weight excluding hydrogens is 462 g/mol. The molecule has 9 heteroatoms. The number of esters is 1. The number of nitrogens with one attached hydrogen (secondary N) is 1. The summed E-state index contributed by atoms with van der Waals surface area (Å²) in [7, 11) is 0. The highest BCUT2D eigenvalue weighted by atomic mass is 16.6. The minimum absolute atomic E-state index is 0.104. The lowest BCUT2D eigenvalue weighted by Crippen LogP contribution is -2.17.